The van der Waals surface area contributed by atoms with E-state index in [1.807, 2.05) is 30.3 Å². The highest BCUT2D eigenvalue weighted by Crippen LogP contribution is 2.38. The molecule has 0 radical (unpaired) electrons. The van der Waals surface area contributed by atoms with Gasteiger partial charge in [-0.25, -0.2) is 4.79 Å². The van der Waals surface area contributed by atoms with E-state index in [4.69, 9.17) is 14.6 Å². The van der Waals surface area contributed by atoms with Crippen LogP contribution in [0.15, 0.2) is 97.1 Å². The van der Waals surface area contributed by atoms with Crippen LogP contribution in [0.3, 0.4) is 0 Å². The molecule has 1 heterocycles. The van der Waals surface area contributed by atoms with E-state index in [0.29, 0.717) is 34.7 Å². The molecule has 4 aromatic carbocycles. The molecule has 0 bridgehead atoms. The van der Waals surface area contributed by atoms with Crippen molar-refractivity contribution >= 4 is 16.9 Å². The number of aromatic nitrogens is 2. The van der Waals surface area contributed by atoms with Crippen molar-refractivity contribution in [1.82, 2.24) is 9.78 Å². The third-order valence-electron chi connectivity index (χ3n) is 6.07. The lowest BCUT2D eigenvalue weighted by Gasteiger charge is -2.11. The summed E-state index contributed by atoms with van der Waals surface area (Å²) in [5.74, 6) is -0.0272. The van der Waals surface area contributed by atoms with Crippen molar-refractivity contribution in [3.63, 3.8) is 0 Å². The van der Waals surface area contributed by atoms with Gasteiger partial charge in [0.1, 0.15) is 23.6 Å². The molecule has 0 aliphatic carbocycles. The average molecular weight is 533 g/mol. The summed E-state index contributed by atoms with van der Waals surface area (Å²) in [6, 6.07) is 27.6. The van der Waals surface area contributed by atoms with Crippen LogP contribution in [-0.4, -0.2) is 27.5 Å². The van der Waals surface area contributed by atoms with Crippen molar-refractivity contribution in [2.24, 2.45) is 0 Å². The molecule has 6 nitrogen and oxygen atoms in total. The molecule has 0 unspecified atom stereocenters. The zero-order chi connectivity index (χ0) is 27.4. The molecule has 9 heteroatoms. The second-order valence-corrected chi connectivity index (χ2v) is 8.83. The Balaban J connectivity index is 1.40. The number of hydrogen-bond donors (Lipinski definition) is 1. The predicted octanol–water partition coefficient (Wildman–Crippen LogP) is 6.81. The quantitative estimate of drug-likeness (QED) is 0.226. The second-order valence-electron chi connectivity index (χ2n) is 8.83. The van der Waals surface area contributed by atoms with Gasteiger partial charge in [0, 0.05) is 10.9 Å². The molecule has 0 saturated heterocycles. The van der Waals surface area contributed by atoms with Gasteiger partial charge in [0.2, 0.25) is 0 Å². The lowest BCUT2D eigenvalue weighted by molar-refractivity contribution is -0.139. The number of aliphatic carboxylic acids is 1. The Morgan fingerprint density at radius 2 is 1.46 bits per heavy atom. The summed E-state index contributed by atoms with van der Waals surface area (Å²) in [4.78, 5) is 10.6. The zero-order valence-electron chi connectivity index (χ0n) is 20.6. The van der Waals surface area contributed by atoms with Crippen LogP contribution >= 0.6 is 0 Å². The van der Waals surface area contributed by atoms with Crippen molar-refractivity contribution in [2.45, 2.75) is 19.3 Å². The number of fused-ring (bicyclic) bond motifs is 1. The number of halogens is 3. The van der Waals surface area contributed by atoms with Gasteiger partial charge in [0.05, 0.1) is 17.8 Å². The highest BCUT2D eigenvalue weighted by molar-refractivity contribution is 5.95. The highest BCUT2D eigenvalue weighted by atomic mass is 19.4. The third-order valence-corrected chi connectivity index (χ3v) is 6.07. The lowest BCUT2D eigenvalue weighted by Crippen LogP contribution is -2.09. The Morgan fingerprint density at radius 1 is 0.795 bits per heavy atom. The van der Waals surface area contributed by atoms with Crippen LogP contribution in [0.1, 0.15) is 16.7 Å². The Hall–Kier alpha value is -4.79. The number of carboxylic acids is 1. The molecule has 1 aromatic heterocycles. The SMILES string of the molecule is O=C(O)COc1ccc(COc2ccc(-c3c4cccc(C(F)(F)F)c4nn3Cc3ccccc3)cc2)cc1. The summed E-state index contributed by atoms with van der Waals surface area (Å²) >= 11 is 0. The maximum atomic E-state index is 13.8. The molecule has 5 rings (SSSR count). The zero-order valence-corrected chi connectivity index (χ0v) is 20.6. The fraction of sp³-hybridized carbons (Fsp3) is 0.133. The van der Waals surface area contributed by atoms with Crippen LogP contribution in [0.5, 0.6) is 11.5 Å². The minimum Gasteiger partial charge on any atom is -0.489 e. The van der Waals surface area contributed by atoms with Gasteiger partial charge in [-0.05, 0) is 53.6 Å². The molecular formula is C30H23F3N2O4. The number of ether oxygens (including phenoxy) is 2. The maximum absolute atomic E-state index is 13.8. The molecule has 0 spiro atoms. The van der Waals surface area contributed by atoms with Crippen LogP contribution in [0.2, 0.25) is 0 Å². The third kappa shape index (κ3) is 6.04. The topological polar surface area (TPSA) is 73.6 Å². The Labute approximate surface area is 221 Å². The van der Waals surface area contributed by atoms with E-state index < -0.39 is 24.3 Å². The van der Waals surface area contributed by atoms with Crippen molar-refractivity contribution in [3.8, 4) is 22.8 Å². The molecule has 198 valence electrons. The number of alkyl halides is 3. The van der Waals surface area contributed by atoms with Crippen molar-refractivity contribution in [3.05, 3.63) is 114 Å². The Bertz CT molecular complexity index is 1580. The number of rotatable bonds is 9. The molecule has 1 N–H and O–H groups in total. The van der Waals surface area contributed by atoms with Gasteiger partial charge in [-0.3, -0.25) is 4.68 Å². The number of benzene rings is 4. The lowest BCUT2D eigenvalue weighted by atomic mass is 10.0. The Kier molecular flexibility index (Phi) is 7.23. The molecule has 39 heavy (non-hydrogen) atoms. The van der Waals surface area contributed by atoms with Gasteiger partial charge in [0.25, 0.3) is 0 Å². The first kappa shape index (κ1) is 25.8. The van der Waals surface area contributed by atoms with Gasteiger partial charge < -0.3 is 14.6 Å². The van der Waals surface area contributed by atoms with Gasteiger partial charge in [-0.15, -0.1) is 0 Å². The summed E-state index contributed by atoms with van der Waals surface area (Å²) in [6.45, 7) is 0.161. The fourth-order valence-corrected chi connectivity index (χ4v) is 4.26. The van der Waals surface area contributed by atoms with E-state index >= 15 is 0 Å². The summed E-state index contributed by atoms with van der Waals surface area (Å²) in [6.07, 6.45) is -4.53. The van der Waals surface area contributed by atoms with E-state index in [1.54, 1.807) is 59.3 Å². The van der Waals surface area contributed by atoms with Gasteiger partial charge in [-0.1, -0.05) is 54.6 Å². The minimum atomic E-state index is -4.53. The first-order valence-electron chi connectivity index (χ1n) is 12.1. The highest BCUT2D eigenvalue weighted by Gasteiger charge is 2.34. The van der Waals surface area contributed by atoms with Crippen LogP contribution < -0.4 is 9.47 Å². The normalized spacial score (nSPS) is 11.5. The molecular weight excluding hydrogens is 509 g/mol. The number of carboxylic acid groups (broad SMARTS) is 1. The number of nitrogens with zero attached hydrogens (tertiary/aromatic N) is 2. The molecule has 0 atom stereocenters. The maximum Gasteiger partial charge on any atom is 0.418 e. The van der Waals surface area contributed by atoms with E-state index in [0.717, 1.165) is 17.2 Å². The first-order valence-corrected chi connectivity index (χ1v) is 12.1. The predicted molar refractivity (Wildman–Crippen MR) is 140 cm³/mol. The van der Waals surface area contributed by atoms with E-state index in [2.05, 4.69) is 5.10 Å². The molecule has 0 aliphatic heterocycles. The summed E-state index contributed by atoms with van der Waals surface area (Å²) in [5, 5.41) is 13.5. The largest absolute Gasteiger partial charge is 0.489 e. The Morgan fingerprint density at radius 3 is 2.13 bits per heavy atom. The van der Waals surface area contributed by atoms with Crippen LogP contribution in [0, 0.1) is 0 Å². The van der Waals surface area contributed by atoms with E-state index in [-0.39, 0.29) is 12.1 Å². The smallest absolute Gasteiger partial charge is 0.418 e. The number of carbonyl (C=O) groups is 1. The molecule has 0 aliphatic rings. The average Bonchev–Trinajstić information content (AvgIpc) is 3.29. The van der Waals surface area contributed by atoms with Crippen LogP contribution in [-0.2, 0) is 24.1 Å². The van der Waals surface area contributed by atoms with Crippen molar-refractivity contribution < 1.29 is 32.5 Å². The minimum absolute atomic E-state index is 0.0907. The fourth-order valence-electron chi connectivity index (χ4n) is 4.26. The van der Waals surface area contributed by atoms with Gasteiger partial charge >= 0.3 is 12.1 Å². The summed E-state index contributed by atoms with van der Waals surface area (Å²) in [5.41, 5.74) is 2.20. The van der Waals surface area contributed by atoms with Crippen molar-refractivity contribution in [2.75, 3.05) is 6.61 Å². The molecule has 0 saturated carbocycles. The van der Waals surface area contributed by atoms with Gasteiger partial charge in [-0.2, -0.15) is 18.3 Å². The summed E-state index contributed by atoms with van der Waals surface area (Å²) in [7, 11) is 0. The standard InChI is InChI=1S/C30H23F3N2O4/c31-30(32,33)26-8-4-7-25-28(26)34-35(17-20-5-2-1-3-6-20)29(25)22-11-15-24(16-12-22)38-18-21-9-13-23(14-10-21)39-19-27(36)37/h1-16H,17-19H2,(H,36,37). The molecule has 0 amide bonds. The van der Waals surface area contributed by atoms with E-state index in [9.17, 15) is 18.0 Å². The monoisotopic (exact) mass is 532 g/mol. The summed E-state index contributed by atoms with van der Waals surface area (Å²) < 4.78 is 53.9. The van der Waals surface area contributed by atoms with Crippen LogP contribution in [0.4, 0.5) is 13.2 Å². The van der Waals surface area contributed by atoms with Crippen molar-refractivity contribution in [1.29, 1.82) is 0 Å². The van der Waals surface area contributed by atoms with E-state index in [1.165, 1.54) is 6.07 Å². The van der Waals surface area contributed by atoms with Crippen LogP contribution in [0.25, 0.3) is 22.2 Å². The molecule has 5 aromatic rings. The molecule has 0 fully saturated rings. The number of hydrogen-bond acceptors (Lipinski definition) is 4. The van der Waals surface area contributed by atoms with Gasteiger partial charge in [0.15, 0.2) is 6.61 Å². The second kappa shape index (κ2) is 10.9. The first-order chi connectivity index (χ1) is 18.8.